The molecule has 0 aromatic heterocycles. The predicted octanol–water partition coefficient (Wildman–Crippen LogP) is 7.86. The van der Waals surface area contributed by atoms with Crippen LogP contribution in [0.1, 0.15) is 24.0 Å². The first kappa shape index (κ1) is 26.9. The van der Waals surface area contributed by atoms with Gasteiger partial charge in [-0.3, -0.25) is 9.59 Å². The summed E-state index contributed by atoms with van der Waals surface area (Å²) in [5, 5.41) is 12.4. The van der Waals surface area contributed by atoms with Gasteiger partial charge in [0.05, 0.1) is 29.0 Å². The van der Waals surface area contributed by atoms with Gasteiger partial charge in [0.25, 0.3) is 0 Å². The highest BCUT2D eigenvalue weighted by Gasteiger charge is 2.45. The smallest absolute Gasteiger partial charge is 0.392 e. The summed E-state index contributed by atoms with van der Waals surface area (Å²) in [5.74, 6) is -5.57. The fourth-order valence-electron chi connectivity index (χ4n) is 3.69. The SMILES string of the molecule is C[C@H]([C@H](C(=O)Nc1cc(-c2cccc(Cl)c2CC(=O)O)ccc1Cl)c1ccc(Cl)cc1)C(F)(F)F. The maximum Gasteiger partial charge on any atom is 0.392 e. The van der Waals surface area contributed by atoms with Gasteiger partial charge >= 0.3 is 12.1 Å². The second-order valence-corrected chi connectivity index (χ2v) is 9.13. The number of alkyl halides is 3. The number of carboxylic acid groups (broad SMARTS) is 1. The molecule has 2 N–H and O–H groups in total. The van der Waals surface area contributed by atoms with Gasteiger partial charge in [-0.15, -0.1) is 0 Å². The Labute approximate surface area is 214 Å². The molecule has 0 heterocycles. The van der Waals surface area contributed by atoms with Crippen molar-refractivity contribution in [2.24, 2.45) is 5.92 Å². The number of rotatable bonds is 7. The van der Waals surface area contributed by atoms with Gasteiger partial charge < -0.3 is 10.4 Å². The molecular formula is C25H19Cl3F3NO3. The van der Waals surface area contributed by atoms with E-state index in [0.29, 0.717) is 21.7 Å². The average Bonchev–Trinajstić information content (AvgIpc) is 2.77. The molecule has 0 fully saturated rings. The molecule has 10 heteroatoms. The first-order chi connectivity index (χ1) is 16.4. The van der Waals surface area contributed by atoms with Crippen LogP contribution >= 0.6 is 34.8 Å². The molecule has 1 amide bonds. The van der Waals surface area contributed by atoms with Gasteiger partial charge in [-0.25, -0.2) is 0 Å². The lowest BCUT2D eigenvalue weighted by Gasteiger charge is -2.26. The molecule has 35 heavy (non-hydrogen) atoms. The van der Waals surface area contributed by atoms with Crippen LogP contribution in [0.25, 0.3) is 11.1 Å². The van der Waals surface area contributed by atoms with Crippen molar-refractivity contribution in [2.45, 2.75) is 25.4 Å². The number of halogens is 6. The van der Waals surface area contributed by atoms with Crippen molar-refractivity contribution in [2.75, 3.05) is 5.32 Å². The molecule has 0 aliphatic carbocycles. The second kappa shape index (κ2) is 10.9. The molecule has 4 nitrogen and oxygen atoms in total. The standard InChI is InChI=1S/C25H19Cl3F3NO3/c1-13(25(29,30)31)23(14-5-8-16(26)9-6-14)24(35)32-21-11-15(7-10-20(21)28)17-3-2-4-19(27)18(17)12-22(33)34/h2-11,13,23H,12H2,1H3,(H,32,35)(H,33,34)/t13-,23+/m1/s1. The first-order valence-corrected chi connectivity index (χ1v) is 11.4. The van der Waals surface area contributed by atoms with Gasteiger partial charge in [0, 0.05) is 10.0 Å². The zero-order valence-electron chi connectivity index (χ0n) is 18.2. The molecule has 0 aliphatic rings. The number of carbonyl (C=O) groups excluding carboxylic acids is 1. The summed E-state index contributed by atoms with van der Waals surface area (Å²) in [6.07, 6.45) is -4.99. The molecule has 0 aliphatic heterocycles. The van der Waals surface area contributed by atoms with Gasteiger partial charge in [-0.05, 0) is 52.6 Å². The van der Waals surface area contributed by atoms with Crippen LogP contribution < -0.4 is 5.32 Å². The van der Waals surface area contributed by atoms with Crippen LogP contribution in [-0.2, 0) is 16.0 Å². The third kappa shape index (κ3) is 6.48. The van der Waals surface area contributed by atoms with Gasteiger partial charge in [-0.2, -0.15) is 13.2 Å². The van der Waals surface area contributed by atoms with E-state index in [0.717, 1.165) is 6.92 Å². The third-order valence-corrected chi connectivity index (χ3v) is 6.45. The Hall–Kier alpha value is -2.74. The van der Waals surface area contributed by atoms with Gasteiger partial charge in [-0.1, -0.05) is 72.1 Å². The Morgan fingerprint density at radius 2 is 1.63 bits per heavy atom. The van der Waals surface area contributed by atoms with E-state index in [1.807, 2.05) is 0 Å². The highest BCUT2D eigenvalue weighted by molar-refractivity contribution is 6.34. The number of benzene rings is 3. The lowest BCUT2D eigenvalue weighted by atomic mass is 9.85. The van der Waals surface area contributed by atoms with Crippen molar-refractivity contribution in [1.82, 2.24) is 0 Å². The van der Waals surface area contributed by atoms with E-state index >= 15 is 0 Å². The number of carbonyl (C=O) groups is 2. The van der Waals surface area contributed by atoms with Crippen molar-refractivity contribution in [3.05, 3.63) is 86.9 Å². The number of anilines is 1. The van der Waals surface area contributed by atoms with E-state index in [1.54, 1.807) is 24.3 Å². The summed E-state index contributed by atoms with van der Waals surface area (Å²) < 4.78 is 40.9. The van der Waals surface area contributed by atoms with E-state index in [-0.39, 0.29) is 27.7 Å². The van der Waals surface area contributed by atoms with E-state index in [9.17, 15) is 27.9 Å². The Kier molecular flexibility index (Phi) is 8.36. The maximum atomic E-state index is 13.6. The summed E-state index contributed by atoms with van der Waals surface area (Å²) in [5.41, 5.74) is 1.54. The van der Waals surface area contributed by atoms with Crippen LogP contribution in [0, 0.1) is 5.92 Å². The Balaban J connectivity index is 2.01. The molecular weight excluding hydrogens is 526 g/mol. The minimum atomic E-state index is -4.64. The van der Waals surface area contributed by atoms with Crippen LogP contribution in [0.4, 0.5) is 18.9 Å². The normalized spacial score (nSPS) is 13.2. The minimum absolute atomic E-state index is 0.0729. The molecule has 2 atom stereocenters. The monoisotopic (exact) mass is 543 g/mol. The molecule has 0 saturated heterocycles. The molecule has 0 spiro atoms. The second-order valence-electron chi connectivity index (χ2n) is 7.88. The van der Waals surface area contributed by atoms with Gasteiger partial charge in [0.1, 0.15) is 0 Å². The molecule has 184 valence electrons. The Bertz CT molecular complexity index is 1250. The van der Waals surface area contributed by atoms with Crippen molar-refractivity contribution in [1.29, 1.82) is 0 Å². The van der Waals surface area contributed by atoms with Crippen LogP contribution in [0.3, 0.4) is 0 Å². The highest BCUT2D eigenvalue weighted by atomic mass is 35.5. The summed E-state index contributed by atoms with van der Waals surface area (Å²) in [6.45, 7) is 0.932. The molecule has 0 bridgehead atoms. The van der Waals surface area contributed by atoms with Crippen LogP contribution in [0.2, 0.25) is 15.1 Å². The van der Waals surface area contributed by atoms with Crippen molar-refractivity contribution in [3.63, 3.8) is 0 Å². The number of hydrogen-bond acceptors (Lipinski definition) is 2. The van der Waals surface area contributed by atoms with Crippen LogP contribution in [0.15, 0.2) is 60.7 Å². The number of amides is 1. The fourth-order valence-corrected chi connectivity index (χ4v) is 4.22. The number of carboxylic acids is 1. The third-order valence-electron chi connectivity index (χ3n) is 5.51. The minimum Gasteiger partial charge on any atom is -0.481 e. The zero-order valence-corrected chi connectivity index (χ0v) is 20.4. The summed E-state index contributed by atoms with van der Waals surface area (Å²) in [4.78, 5) is 24.5. The van der Waals surface area contributed by atoms with E-state index in [1.165, 1.54) is 36.4 Å². The lowest BCUT2D eigenvalue weighted by Crippen LogP contribution is -2.34. The quantitative estimate of drug-likeness (QED) is 0.318. The Morgan fingerprint density at radius 1 is 0.971 bits per heavy atom. The lowest BCUT2D eigenvalue weighted by molar-refractivity contribution is -0.178. The van der Waals surface area contributed by atoms with E-state index in [2.05, 4.69) is 5.32 Å². The van der Waals surface area contributed by atoms with Gasteiger partial charge in [0.15, 0.2) is 0 Å². The molecule has 0 unspecified atom stereocenters. The first-order valence-electron chi connectivity index (χ1n) is 10.3. The molecule has 3 aromatic rings. The topological polar surface area (TPSA) is 66.4 Å². The van der Waals surface area contributed by atoms with E-state index in [4.69, 9.17) is 34.8 Å². The number of nitrogens with one attached hydrogen (secondary N) is 1. The molecule has 3 aromatic carbocycles. The highest BCUT2D eigenvalue weighted by Crippen LogP contribution is 2.39. The summed E-state index contributed by atoms with van der Waals surface area (Å²) >= 11 is 18.3. The maximum absolute atomic E-state index is 13.6. The zero-order chi connectivity index (χ0) is 25.9. The van der Waals surface area contributed by atoms with Crippen molar-refractivity contribution < 1.29 is 27.9 Å². The summed E-state index contributed by atoms with van der Waals surface area (Å²) in [7, 11) is 0. The molecule has 3 rings (SSSR count). The van der Waals surface area contributed by atoms with Gasteiger partial charge in [0.2, 0.25) is 5.91 Å². The Morgan fingerprint density at radius 3 is 2.23 bits per heavy atom. The average molecular weight is 545 g/mol. The predicted molar refractivity (Wildman–Crippen MR) is 131 cm³/mol. The fraction of sp³-hybridized carbons (Fsp3) is 0.200. The number of hydrogen-bond donors (Lipinski definition) is 2. The van der Waals surface area contributed by atoms with E-state index < -0.39 is 29.9 Å². The van der Waals surface area contributed by atoms with Crippen molar-refractivity contribution in [3.8, 4) is 11.1 Å². The number of aliphatic carboxylic acids is 1. The molecule has 0 radical (unpaired) electrons. The van der Waals surface area contributed by atoms with Crippen LogP contribution in [0.5, 0.6) is 0 Å². The molecule has 0 saturated carbocycles. The summed E-state index contributed by atoms with van der Waals surface area (Å²) in [6, 6.07) is 14.9. The largest absolute Gasteiger partial charge is 0.481 e. The van der Waals surface area contributed by atoms with Crippen molar-refractivity contribution >= 4 is 52.4 Å². The van der Waals surface area contributed by atoms with Crippen LogP contribution in [-0.4, -0.2) is 23.2 Å².